The number of fused-ring (bicyclic) bond motifs is 3. The maximum atomic E-state index is 13.4. The first kappa shape index (κ1) is 29.8. The molecule has 9 nitrogen and oxygen atoms in total. The van der Waals surface area contributed by atoms with Crippen LogP contribution in [-0.4, -0.2) is 91.4 Å². The Balaban J connectivity index is 1.33. The van der Waals surface area contributed by atoms with Gasteiger partial charge in [-0.3, -0.25) is 14.5 Å². The summed E-state index contributed by atoms with van der Waals surface area (Å²) in [6, 6.07) is 11.5. The standard InChI is InChI=1S/C30H34F3N3O6/c1-3-41-25-13-19(28(38)36-21-9-10-22(36)17-40-16-21)8-11-23(25)27(37)34-14-26(42-29(39)30(31,32)33)24-12-18-6-4-5-7-20(18)15-35(24)2/h4-8,11,13,21-22,24,26H,3,9-10,12,14-17H2,1-2H3,(H,34,37)/t21?,22?,24-,26+/m0/s1. The Morgan fingerprint density at radius 1 is 1.07 bits per heavy atom. The number of carbonyl (C=O) groups excluding carboxylic acids is 3. The molecule has 2 amide bonds. The van der Waals surface area contributed by atoms with E-state index in [1.165, 1.54) is 12.1 Å². The SMILES string of the molecule is CCOc1cc(C(=O)N2C3CCC2COC3)ccc1C(=O)NC[C@@H](OC(=O)C(F)(F)F)[C@@H]1Cc2ccccc2CN1C. The van der Waals surface area contributed by atoms with Gasteiger partial charge in [0.25, 0.3) is 11.8 Å². The number of amides is 2. The summed E-state index contributed by atoms with van der Waals surface area (Å²) in [4.78, 5) is 42.2. The zero-order valence-corrected chi connectivity index (χ0v) is 23.5. The minimum atomic E-state index is -5.18. The third kappa shape index (κ3) is 6.24. The smallest absolute Gasteiger partial charge is 0.490 e. The van der Waals surface area contributed by atoms with Crippen molar-refractivity contribution in [3.05, 3.63) is 64.7 Å². The molecule has 226 valence electrons. The number of esters is 1. The van der Waals surface area contributed by atoms with Gasteiger partial charge in [0, 0.05) is 12.1 Å². The van der Waals surface area contributed by atoms with Crippen LogP contribution in [0.25, 0.3) is 0 Å². The molecule has 1 N–H and O–H groups in total. The molecule has 2 aromatic rings. The van der Waals surface area contributed by atoms with Crippen LogP contribution in [0.2, 0.25) is 0 Å². The molecule has 2 unspecified atom stereocenters. The van der Waals surface area contributed by atoms with Crippen LogP contribution in [0.5, 0.6) is 5.75 Å². The highest BCUT2D eigenvalue weighted by Gasteiger charge is 2.45. The molecular formula is C30H34F3N3O6. The molecule has 3 aliphatic heterocycles. The minimum absolute atomic E-state index is 0.0102. The van der Waals surface area contributed by atoms with E-state index in [9.17, 15) is 27.6 Å². The number of hydrogen-bond acceptors (Lipinski definition) is 7. The van der Waals surface area contributed by atoms with E-state index in [4.69, 9.17) is 14.2 Å². The maximum Gasteiger partial charge on any atom is 0.490 e. The van der Waals surface area contributed by atoms with Gasteiger partial charge in [-0.25, -0.2) is 4.79 Å². The molecule has 3 heterocycles. The maximum absolute atomic E-state index is 13.4. The van der Waals surface area contributed by atoms with E-state index in [-0.39, 0.29) is 42.5 Å². The highest BCUT2D eigenvalue weighted by Crippen LogP contribution is 2.32. The molecule has 0 aromatic heterocycles. The van der Waals surface area contributed by atoms with Gasteiger partial charge in [0.2, 0.25) is 0 Å². The fraction of sp³-hybridized carbons (Fsp3) is 0.500. The van der Waals surface area contributed by atoms with Gasteiger partial charge >= 0.3 is 12.1 Å². The number of likely N-dealkylation sites (N-methyl/N-ethyl adjacent to an activating group) is 1. The topological polar surface area (TPSA) is 97.4 Å². The molecular weight excluding hydrogens is 555 g/mol. The zero-order chi connectivity index (χ0) is 30.0. The molecule has 42 heavy (non-hydrogen) atoms. The number of nitrogens with one attached hydrogen (secondary N) is 1. The summed E-state index contributed by atoms with van der Waals surface area (Å²) in [5.74, 6) is -2.94. The molecule has 2 saturated heterocycles. The first-order valence-corrected chi connectivity index (χ1v) is 14.1. The highest BCUT2D eigenvalue weighted by molar-refractivity contribution is 6.00. The molecule has 0 spiro atoms. The summed E-state index contributed by atoms with van der Waals surface area (Å²) in [7, 11) is 1.74. The van der Waals surface area contributed by atoms with Crippen LogP contribution in [0.3, 0.4) is 0 Å². The molecule has 0 saturated carbocycles. The zero-order valence-electron chi connectivity index (χ0n) is 23.5. The summed E-state index contributed by atoms with van der Waals surface area (Å²) in [5, 5.41) is 2.63. The first-order chi connectivity index (χ1) is 20.1. The van der Waals surface area contributed by atoms with Crippen LogP contribution < -0.4 is 10.1 Å². The highest BCUT2D eigenvalue weighted by atomic mass is 19.4. The predicted octanol–water partition coefficient (Wildman–Crippen LogP) is 3.35. The third-order valence-electron chi connectivity index (χ3n) is 8.16. The summed E-state index contributed by atoms with van der Waals surface area (Å²) < 4.78 is 55.7. The fourth-order valence-corrected chi connectivity index (χ4v) is 6.07. The molecule has 5 rings (SSSR count). The molecule has 3 aliphatic rings. The molecule has 2 fully saturated rings. The van der Waals surface area contributed by atoms with Crippen LogP contribution in [0.4, 0.5) is 13.2 Å². The van der Waals surface area contributed by atoms with Crippen molar-refractivity contribution in [3.8, 4) is 5.75 Å². The van der Waals surface area contributed by atoms with E-state index in [1.54, 1.807) is 20.0 Å². The Kier molecular flexibility index (Phi) is 8.74. The normalized spacial score (nSPS) is 22.7. The third-order valence-corrected chi connectivity index (χ3v) is 8.16. The number of morpholine rings is 1. The Bertz CT molecular complexity index is 1320. The Morgan fingerprint density at radius 2 is 1.76 bits per heavy atom. The van der Waals surface area contributed by atoms with Gasteiger partial charge in [0.15, 0.2) is 0 Å². The summed E-state index contributed by atoms with van der Waals surface area (Å²) in [5.41, 5.74) is 2.45. The van der Waals surface area contributed by atoms with Gasteiger partial charge < -0.3 is 24.4 Å². The van der Waals surface area contributed by atoms with E-state index in [1.807, 2.05) is 34.1 Å². The monoisotopic (exact) mass is 589 g/mol. The van der Waals surface area contributed by atoms with Crippen LogP contribution in [-0.2, 0) is 27.2 Å². The number of benzene rings is 2. The molecule has 12 heteroatoms. The average Bonchev–Trinajstić information content (AvgIpc) is 3.21. The Hall–Kier alpha value is -3.64. The number of hydrogen-bond donors (Lipinski definition) is 1. The molecule has 2 bridgehead atoms. The van der Waals surface area contributed by atoms with Crippen molar-refractivity contribution in [3.63, 3.8) is 0 Å². The van der Waals surface area contributed by atoms with Gasteiger partial charge in [0.1, 0.15) is 11.9 Å². The van der Waals surface area contributed by atoms with E-state index in [0.29, 0.717) is 31.7 Å². The largest absolute Gasteiger partial charge is 0.493 e. The lowest BCUT2D eigenvalue weighted by atomic mass is 9.91. The molecule has 0 radical (unpaired) electrons. The van der Waals surface area contributed by atoms with E-state index < -0.39 is 30.2 Å². The Labute approximate surface area is 241 Å². The second-order valence-electron chi connectivity index (χ2n) is 10.9. The fourth-order valence-electron chi connectivity index (χ4n) is 6.07. The lowest BCUT2D eigenvalue weighted by Crippen LogP contribution is -2.52. The van der Waals surface area contributed by atoms with E-state index in [0.717, 1.165) is 24.0 Å². The van der Waals surface area contributed by atoms with Gasteiger partial charge in [-0.2, -0.15) is 13.2 Å². The summed E-state index contributed by atoms with van der Waals surface area (Å²) in [6.45, 7) is 3.03. The predicted molar refractivity (Wildman–Crippen MR) is 145 cm³/mol. The van der Waals surface area contributed by atoms with Crippen molar-refractivity contribution in [2.45, 2.75) is 63.1 Å². The number of nitrogens with zero attached hydrogens (tertiary/aromatic N) is 2. The lowest BCUT2D eigenvalue weighted by molar-refractivity contribution is -0.207. The van der Waals surface area contributed by atoms with E-state index in [2.05, 4.69) is 5.32 Å². The van der Waals surface area contributed by atoms with Crippen LogP contribution in [0.15, 0.2) is 42.5 Å². The van der Waals surface area contributed by atoms with Crippen molar-refractivity contribution in [1.29, 1.82) is 0 Å². The summed E-state index contributed by atoms with van der Waals surface area (Å²) >= 11 is 0. The number of alkyl halides is 3. The van der Waals surface area contributed by atoms with Gasteiger partial charge in [0.05, 0.1) is 50.1 Å². The van der Waals surface area contributed by atoms with Crippen molar-refractivity contribution >= 4 is 17.8 Å². The van der Waals surface area contributed by atoms with Crippen LogP contribution in [0.1, 0.15) is 51.6 Å². The van der Waals surface area contributed by atoms with Crippen molar-refractivity contribution in [2.75, 3.05) is 33.4 Å². The first-order valence-electron chi connectivity index (χ1n) is 14.1. The Morgan fingerprint density at radius 3 is 2.43 bits per heavy atom. The molecule has 0 aliphatic carbocycles. The van der Waals surface area contributed by atoms with Crippen molar-refractivity contribution in [1.82, 2.24) is 15.1 Å². The van der Waals surface area contributed by atoms with Gasteiger partial charge in [-0.15, -0.1) is 0 Å². The molecule has 2 aromatic carbocycles. The quantitative estimate of drug-likeness (QED) is 0.472. The number of halogens is 3. The second kappa shape index (κ2) is 12.3. The second-order valence-corrected chi connectivity index (χ2v) is 10.9. The molecule has 4 atom stereocenters. The number of ether oxygens (including phenoxy) is 3. The average molecular weight is 590 g/mol. The van der Waals surface area contributed by atoms with Gasteiger partial charge in [-0.1, -0.05) is 24.3 Å². The summed E-state index contributed by atoms with van der Waals surface area (Å²) in [6.07, 6.45) is -4.39. The van der Waals surface area contributed by atoms with Gasteiger partial charge in [-0.05, 0) is 62.6 Å². The van der Waals surface area contributed by atoms with Crippen LogP contribution in [0, 0.1) is 0 Å². The van der Waals surface area contributed by atoms with Crippen LogP contribution >= 0.6 is 0 Å². The lowest BCUT2D eigenvalue weighted by Gasteiger charge is -2.38. The van der Waals surface area contributed by atoms with Crippen molar-refractivity contribution in [2.24, 2.45) is 0 Å². The van der Waals surface area contributed by atoms with E-state index >= 15 is 0 Å². The van der Waals surface area contributed by atoms with Crippen molar-refractivity contribution < 1.29 is 41.8 Å². The minimum Gasteiger partial charge on any atom is -0.493 e. The number of rotatable bonds is 8. The number of carbonyl (C=O) groups is 3.